The van der Waals surface area contributed by atoms with E-state index in [0.717, 1.165) is 154 Å². The Balaban J connectivity index is 4.52. The fourth-order valence-corrected chi connectivity index (χ4v) is 7.38. The normalized spacial score (nSPS) is 13.3. The molecule has 0 saturated heterocycles. The fourth-order valence-electron chi connectivity index (χ4n) is 7.38. The Morgan fingerprint density at radius 1 is 0.284 bits per heavy atom. The van der Waals surface area contributed by atoms with Crippen LogP contribution in [0.5, 0.6) is 0 Å². The van der Waals surface area contributed by atoms with Gasteiger partial charge in [0.1, 0.15) is 13.2 Å². The summed E-state index contributed by atoms with van der Waals surface area (Å²) in [4.78, 5) is 38.2. The molecule has 0 aromatic rings. The summed E-state index contributed by atoms with van der Waals surface area (Å²) in [7, 11) is 0. The lowest BCUT2D eigenvalue weighted by atomic mass is 10.1. The van der Waals surface area contributed by atoms with E-state index >= 15 is 0 Å². The maximum Gasteiger partial charge on any atom is 0.306 e. The quantitative estimate of drug-likeness (QED) is 0.0261. The predicted octanol–water partition coefficient (Wildman–Crippen LogP) is 20.1. The maximum absolute atomic E-state index is 12.9. The molecule has 0 spiro atoms. The molecule has 1 atom stereocenters. The Bertz CT molecular complexity index is 1690. The Labute approximate surface area is 454 Å². The molecule has 414 valence electrons. The van der Waals surface area contributed by atoms with Crippen LogP contribution in [-0.2, 0) is 28.6 Å². The minimum absolute atomic E-state index is 0.115. The van der Waals surface area contributed by atoms with Crippen LogP contribution in [0, 0.1) is 0 Å². The minimum Gasteiger partial charge on any atom is -0.462 e. The van der Waals surface area contributed by atoms with Crippen LogP contribution >= 0.6 is 0 Å². The SMILES string of the molecule is CC/C=C\C/C=C\C/C=C\C/C=C\C/C=C\C/C=C\CCCCCCC(=O)OCC(COC(=O)CCCCCCC/C=C\CCCCC)OC(=O)CCCC/C=C\C/C=C\C/C=C\C/C=C\C/C=C\C/C=C\CC. The van der Waals surface area contributed by atoms with Gasteiger partial charge in [0.2, 0.25) is 0 Å². The van der Waals surface area contributed by atoms with Gasteiger partial charge in [-0.2, -0.15) is 0 Å². The molecule has 0 aliphatic heterocycles. The standard InChI is InChI=1S/C68H106O6/c1-4-7-10-13-16-19-22-25-27-29-31-33-34-36-37-39-41-43-46-49-52-55-58-61-67(70)73-64-65(63-72-66(69)60-57-54-51-48-45-24-21-18-15-12-9-6-3)74-68(71)62-59-56-53-50-47-44-42-40-38-35-32-30-28-26-23-20-17-14-11-8-5-2/h7-8,10-11,16-21,25-28,31-33,35-37,40-43,47,50,65H,4-6,9,12-15,22-24,29-30,34,38-39,44-46,48-49,51-64H2,1-3H3/b10-7-,11-8-,19-16-,20-17-,21-18-,27-25-,28-26-,33-31-,35-32-,37-36-,42-40-,43-41-,50-47-. The van der Waals surface area contributed by atoms with E-state index in [4.69, 9.17) is 14.2 Å². The average molecular weight is 1020 g/mol. The van der Waals surface area contributed by atoms with Crippen LogP contribution in [0.4, 0.5) is 0 Å². The second kappa shape index (κ2) is 60.6. The zero-order chi connectivity index (χ0) is 53.6. The van der Waals surface area contributed by atoms with Gasteiger partial charge < -0.3 is 14.2 Å². The van der Waals surface area contributed by atoms with Crippen molar-refractivity contribution in [2.24, 2.45) is 0 Å². The van der Waals surface area contributed by atoms with Crippen molar-refractivity contribution in [2.75, 3.05) is 13.2 Å². The first-order valence-corrected chi connectivity index (χ1v) is 29.5. The first kappa shape index (κ1) is 69.0. The molecule has 74 heavy (non-hydrogen) atoms. The van der Waals surface area contributed by atoms with Gasteiger partial charge in [0, 0.05) is 19.3 Å². The van der Waals surface area contributed by atoms with E-state index in [-0.39, 0.29) is 37.5 Å². The zero-order valence-electron chi connectivity index (χ0n) is 47.3. The van der Waals surface area contributed by atoms with E-state index in [9.17, 15) is 14.4 Å². The lowest BCUT2D eigenvalue weighted by Gasteiger charge is -2.18. The van der Waals surface area contributed by atoms with E-state index in [2.05, 4.69) is 179 Å². The summed E-state index contributed by atoms with van der Waals surface area (Å²) < 4.78 is 16.8. The van der Waals surface area contributed by atoms with Crippen molar-refractivity contribution in [1.29, 1.82) is 0 Å². The van der Waals surface area contributed by atoms with Crippen molar-refractivity contribution in [3.8, 4) is 0 Å². The Hall–Kier alpha value is -4.97. The molecule has 0 aliphatic rings. The number of ether oxygens (including phenoxy) is 3. The summed E-state index contributed by atoms with van der Waals surface area (Å²) in [5, 5.41) is 0. The lowest BCUT2D eigenvalue weighted by molar-refractivity contribution is -0.167. The molecule has 0 amide bonds. The highest BCUT2D eigenvalue weighted by Gasteiger charge is 2.19. The van der Waals surface area contributed by atoms with E-state index < -0.39 is 6.10 Å². The van der Waals surface area contributed by atoms with E-state index in [1.807, 2.05) is 0 Å². The second-order valence-electron chi connectivity index (χ2n) is 18.8. The van der Waals surface area contributed by atoms with E-state index in [0.29, 0.717) is 19.3 Å². The monoisotopic (exact) mass is 1020 g/mol. The van der Waals surface area contributed by atoms with E-state index in [1.54, 1.807) is 0 Å². The summed E-state index contributed by atoms with van der Waals surface area (Å²) in [6.45, 7) is 6.31. The van der Waals surface area contributed by atoms with Gasteiger partial charge in [-0.05, 0) is 148 Å². The van der Waals surface area contributed by atoms with Gasteiger partial charge in [0.05, 0.1) is 0 Å². The molecule has 0 rings (SSSR count). The van der Waals surface area contributed by atoms with Gasteiger partial charge in [0.25, 0.3) is 0 Å². The summed E-state index contributed by atoms with van der Waals surface area (Å²) >= 11 is 0. The lowest BCUT2D eigenvalue weighted by Crippen LogP contribution is -2.30. The minimum atomic E-state index is -0.824. The zero-order valence-corrected chi connectivity index (χ0v) is 47.3. The van der Waals surface area contributed by atoms with Gasteiger partial charge >= 0.3 is 17.9 Å². The van der Waals surface area contributed by atoms with Gasteiger partial charge in [-0.25, -0.2) is 0 Å². The molecule has 0 heterocycles. The predicted molar refractivity (Wildman–Crippen MR) is 320 cm³/mol. The molecular weight excluding hydrogens is 913 g/mol. The highest BCUT2D eigenvalue weighted by molar-refractivity contribution is 5.71. The molecule has 0 aromatic carbocycles. The molecule has 0 aliphatic carbocycles. The number of unbranched alkanes of at least 4 members (excludes halogenated alkanes) is 14. The molecule has 0 bridgehead atoms. The molecule has 6 nitrogen and oxygen atoms in total. The summed E-state index contributed by atoms with van der Waals surface area (Å²) in [5.74, 6) is -1.00. The van der Waals surface area contributed by atoms with Crippen molar-refractivity contribution >= 4 is 17.9 Å². The number of hydrogen-bond donors (Lipinski definition) is 0. The Morgan fingerprint density at radius 2 is 0.527 bits per heavy atom. The third-order valence-corrected chi connectivity index (χ3v) is 11.7. The van der Waals surface area contributed by atoms with Crippen LogP contribution in [0.15, 0.2) is 158 Å². The maximum atomic E-state index is 12.9. The number of esters is 3. The van der Waals surface area contributed by atoms with Crippen molar-refractivity contribution in [3.63, 3.8) is 0 Å². The van der Waals surface area contributed by atoms with Crippen molar-refractivity contribution in [1.82, 2.24) is 0 Å². The molecule has 1 unspecified atom stereocenters. The molecule has 0 fully saturated rings. The second-order valence-corrected chi connectivity index (χ2v) is 18.8. The van der Waals surface area contributed by atoms with Gasteiger partial charge in [0.15, 0.2) is 6.10 Å². The van der Waals surface area contributed by atoms with Crippen molar-refractivity contribution in [3.05, 3.63) is 158 Å². The topological polar surface area (TPSA) is 78.9 Å². The first-order valence-electron chi connectivity index (χ1n) is 29.5. The molecule has 0 N–H and O–H groups in total. The van der Waals surface area contributed by atoms with Crippen LogP contribution in [0.3, 0.4) is 0 Å². The molecule has 0 aromatic heterocycles. The van der Waals surface area contributed by atoms with Gasteiger partial charge in [-0.15, -0.1) is 0 Å². The average Bonchev–Trinajstić information content (AvgIpc) is 3.40. The number of carbonyl (C=O) groups is 3. The number of carbonyl (C=O) groups excluding carboxylic acids is 3. The van der Waals surface area contributed by atoms with Crippen LogP contribution in [0.2, 0.25) is 0 Å². The van der Waals surface area contributed by atoms with Crippen molar-refractivity contribution < 1.29 is 28.6 Å². The molecule has 0 radical (unpaired) electrons. The van der Waals surface area contributed by atoms with Crippen LogP contribution in [0.25, 0.3) is 0 Å². The molecule has 6 heteroatoms. The first-order chi connectivity index (χ1) is 36.5. The third-order valence-electron chi connectivity index (χ3n) is 11.7. The van der Waals surface area contributed by atoms with Gasteiger partial charge in [-0.3, -0.25) is 14.4 Å². The highest BCUT2D eigenvalue weighted by atomic mass is 16.6. The third kappa shape index (κ3) is 57.9. The smallest absolute Gasteiger partial charge is 0.306 e. The van der Waals surface area contributed by atoms with Crippen molar-refractivity contribution in [2.45, 2.75) is 239 Å². The van der Waals surface area contributed by atoms with Crippen LogP contribution in [0.1, 0.15) is 233 Å². The molecule has 0 saturated carbocycles. The van der Waals surface area contributed by atoms with Crippen LogP contribution in [-0.4, -0.2) is 37.2 Å². The highest BCUT2D eigenvalue weighted by Crippen LogP contribution is 2.12. The summed E-state index contributed by atoms with van der Waals surface area (Å²) in [5.41, 5.74) is 0. The summed E-state index contributed by atoms with van der Waals surface area (Å²) in [6, 6.07) is 0. The number of hydrogen-bond acceptors (Lipinski definition) is 6. The largest absolute Gasteiger partial charge is 0.462 e. The number of allylic oxidation sites excluding steroid dienone is 26. The van der Waals surface area contributed by atoms with Gasteiger partial charge in [-0.1, -0.05) is 224 Å². The summed E-state index contributed by atoms with van der Waals surface area (Å²) in [6.07, 6.45) is 88.1. The van der Waals surface area contributed by atoms with Crippen LogP contribution < -0.4 is 0 Å². The van der Waals surface area contributed by atoms with E-state index in [1.165, 1.54) is 32.1 Å². The molecular formula is C68H106O6. The number of rotatable bonds is 51. The Kier molecular flexibility index (Phi) is 56.5. The fraction of sp³-hybridized carbons (Fsp3) is 0.574. The Morgan fingerprint density at radius 3 is 0.865 bits per heavy atom.